The van der Waals surface area contributed by atoms with Crippen molar-refractivity contribution in [1.29, 1.82) is 0 Å². The molecule has 3 heteroatoms. The number of methoxy groups -OCH3 is 1. The Hall–Kier alpha value is -0.120. The first-order valence-corrected chi connectivity index (χ1v) is 7.14. The molecular weight excluding hydrogens is 212 g/mol. The minimum absolute atomic E-state index is 0.343. The summed E-state index contributed by atoms with van der Waals surface area (Å²) in [5, 5.41) is 0. The molecule has 2 aliphatic heterocycles. The average Bonchev–Trinajstić information content (AvgIpc) is 2.75. The molecule has 0 aromatic heterocycles. The summed E-state index contributed by atoms with van der Waals surface area (Å²) in [4.78, 5) is 5.43. The Labute approximate surface area is 105 Å². The molecule has 98 valence electrons. The van der Waals surface area contributed by atoms with Gasteiger partial charge in [-0.25, -0.2) is 0 Å². The Bertz CT molecular complexity index is 292. The van der Waals surface area contributed by atoms with Crippen LogP contribution in [0.4, 0.5) is 0 Å². The van der Waals surface area contributed by atoms with Crippen LogP contribution in [0, 0.1) is 5.41 Å². The molecule has 2 heterocycles. The molecule has 1 saturated carbocycles. The second-order valence-electron chi connectivity index (χ2n) is 6.62. The topological polar surface area (TPSA) is 15.7 Å². The third kappa shape index (κ3) is 1.83. The lowest BCUT2D eigenvalue weighted by atomic mass is 9.63. The van der Waals surface area contributed by atoms with Crippen LogP contribution < -0.4 is 0 Å². The highest BCUT2D eigenvalue weighted by atomic mass is 16.5. The minimum atomic E-state index is 0.343. The SMILES string of the molecule is COC1CC(N2CCN3CCCC3C2)C1(C)C. The molecule has 3 fully saturated rings. The van der Waals surface area contributed by atoms with Crippen LogP contribution in [-0.4, -0.2) is 61.3 Å². The van der Waals surface area contributed by atoms with E-state index in [0.717, 1.165) is 12.1 Å². The van der Waals surface area contributed by atoms with Gasteiger partial charge >= 0.3 is 0 Å². The van der Waals surface area contributed by atoms with E-state index in [9.17, 15) is 0 Å². The highest BCUT2D eigenvalue weighted by Gasteiger charge is 2.52. The van der Waals surface area contributed by atoms with E-state index in [2.05, 4.69) is 23.6 Å². The van der Waals surface area contributed by atoms with Gasteiger partial charge in [0, 0.05) is 44.2 Å². The van der Waals surface area contributed by atoms with Crippen LogP contribution in [0.5, 0.6) is 0 Å². The summed E-state index contributed by atoms with van der Waals surface area (Å²) in [6.45, 7) is 9.93. The normalized spacial score (nSPS) is 42.2. The highest BCUT2D eigenvalue weighted by Crippen LogP contribution is 2.46. The molecule has 0 radical (unpaired) electrons. The third-order valence-corrected chi connectivity index (χ3v) is 5.47. The van der Waals surface area contributed by atoms with Crippen LogP contribution in [0.2, 0.25) is 0 Å². The molecule has 1 aliphatic carbocycles. The number of piperazine rings is 1. The number of hydrogen-bond acceptors (Lipinski definition) is 3. The molecule has 3 atom stereocenters. The quantitative estimate of drug-likeness (QED) is 0.726. The molecule has 3 nitrogen and oxygen atoms in total. The zero-order chi connectivity index (χ0) is 12.0. The number of fused-ring (bicyclic) bond motifs is 1. The van der Waals surface area contributed by atoms with Crippen molar-refractivity contribution in [3.63, 3.8) is 0 Å². The molecule has 0 spiro atoms. The van der Waals surface area contributed by atoms with E-state index in [1.54, 1.807) is 0 Å². The van der Waals surface area contributed by atoms with E-state index in [-0.39, 0.29) is 0 Å². The van der Waals surface area contributed by atoms with Gasteiger partial charge in [-0.05, 0) is 25.8 Å². The summed E-state index contributed by atoms with van der Waals surface area (Å²) in [5.41, 5.74) is 0.343. The predicted octanol–water partition coefficient (Wildman–Crippen LogP) is 1.58. The lowest BCUT2D eigenvalue weighted by molar-refractivity contribution is -0.146. The largest absolute Gasteiger partial charge is 0.381 e. The standard InChI is InChI=1S/C14H26N2O/c1-14(2)12(9-13(14)17-3)16-8-7-15-6-4-5-11(15)10-16/h11-13H,4-10H2,1-3H3. The smallest absolute Gasteiger partial charge is 0.0652 e. The van der Waals surface area contributed by atoms with Crippen LogP contribution in [0.1, 0.15) is 33.1 Å². The summed E-state index contributed by atoms with van der Waals surface area (Å²) in [6.07, 6.45) is 4.52. The Morgan fingerprint density at radius 2 is 1.88 bits per heavy atom. The number of nitrogens with zero attached hydrogens (tertiary/aromatic N) is 2. The summed E-state index contributed by atoms with van der Waals surface area (Å²) < 4.78 is 5.57. The van der Waals surface area contributed by atoms with Crippen LogP contribution in [0.15, 0.2) is 0 Å². The average molecular weight is 238 g/mol. The van der Waals surface area contributed by atoms with Crippen LogP contribution in [0.3, 0.4) is 0 Å². The first kappa shape index (κ1) is 11.9. The number of ether oxygens (including phenoxy) is 1. The first-order valence-electron chi connectivity index (χ1n) is 7.14. The summed E-state index contributed by atoms with van der Waals surface area (Å²) >= 11 is 0. The zero-order valence-electron chi connectivity index (χ0n) is 11.5. The van der Waals surface area contributed by atoms with Crippen molar-refractivity contribution in [3.8, 4) is 0 Å². The van der Waals surface area contributed by atoms with Gasteiger partial charge in [0.15, 0.2) is 0 Å². The molecule has 0 amide bonds. The van der Waals surface area contributed by atoms with Gasteiger partial charge in [-0.3, -0.25) is 9.80 Å². The maximum absolute atomic E-state index is 5.57. The van der Waals surface area contributed by atoms with Crippen LogP contribution in [-0.2, 0) is 4.74 Å². The zero-order valence-corrected chi connectivity index (χ0v) is 11.5. The molecule has 0 N–H and O–H groups in total. The fourth-order valence-electron chi connectivity index (χ4n) is 4.18. The van der Waals surface area contributed by atoms with Gasteiger partial charge < -0.3 is 4.74 Å². The van der Waals surface area contributed by atoms with E-state index in [1.165, 1.54) is 45.4 Å². The van der Waals surface area contributed by atoms with Crippen LogP contribution in [0.25, 0.3) is 0 Å². The predicted molar refractivity (Wildman–Crippen MR) is 69.2 cm³/mol. The third-order valence-electron chi connectivity index (χ3n) is 5.47. The van der Waals surface area contributed by atoms with E-state index >= 15 is 0 Å². The lowest BCUT2D eigenvalue weighted by Crippen LogP contribution is -2.65. The second-order valence-corrected chi connectivity index (χ2v) is 6.62. The molecule has 17 heavy (non-hydrogen) atoms. The minimum Gasteiger partial charge on any atom is -0.381 e. The van der Waals surface area contributed by atoms with E-state index in [4.69, 9.17) is 4.74 Å². The maximum Gasteiger partial charge on any atom is 0.0652 e. The van der Waals surface area contributed by atoms with Gasteiger partial charge in [0.05, 0.1) is 6.10 Å². The van der Waals surface area contributed by atoms with E-state index in [1.807, 2.05) is 7.11 Å². The van der Waals surface area contributed by atoms with Gasteiger partial charge in [-0.15, -0.1) is 0 Å². The van der Waals surface area contributed by atoms with Gasteiger partial charge in [0.2, 0.25) is 0 Å². The summed E-state index contributed by atoms with van der Waals surface area (Å²) in [6, 6.07) is 1.59. The van der Waals surface area contributed by atoms with Gasteiger partial charge in [0.1, 0.15) is 0 Å². The molecule has 2 saturated heterocycles. The molecule has 0 aromatic rings. The number of rotatable bonds is 2. The van der Waals surface area contributed by atoms with Crippen molar-refractivity contribution in [2.45, 2.75) is 51.3 Å². The Morgan fingerprint density at radius 3 is 2.59 bits per heavy atom. The van der Waals surface area contributed by atoms with Gasteiger partial charge in [-0.2, -0.15) is 0 Å². The fraction of sp³-hybridized carbons (Fsp3) is 1.00. The Balaban J connectivity index is 1.63. The first-order chi connectivity index (χ1) is 8.13. The summed E-state index contributed by atoms with van der Waals surface area (Å²) in [5.74, 6) is 0. The molecule has 0 aromatic carbocycles. The Kier molecular flexibility index (Phi) is 2.96. The highest BCUT2D eigenvalue weighted by molar-refractivity contribution is 5.05. The van der Waals surface area contributed by atoms with Gasteiger partial charge in [0.25, 0.3) is 0 Å². The number of hydrogen-bond donors (Lipinski definition) is 0. The van der Waals surface area contributed by atoms with Crippen molar-refractivity contribution in [3.05, 3.63) is 0 Å². The van der Waals surface area contributed by atoms with Crippen molar-refractivity contribution in [2.75, 3.05) is 33.3 Å². The fourth-order valence-corrected chi connectivity index (χ4v) is 4.18. The molecule has 3 aliphatic rings. The maximum atomic E-state index is 5.57. The van der Waals surface area contributed by atoms with Crippen LogP contribution >= 0.6 is 0 Å². The van der Waals surface area contributed by atoms with Crippen molar-refractivity contribution < 1.29 is 4.74 Å². The molecule has 0 bridgehead atoms. The molecule has 3 unspecified atom stereocenters. The van der Waals surface area contributed by atoms with E-state index in [0.29, 0.717) is 11.5 Å². The molecule has 3 rings (SSSR count). The summed E-state index contributed by atoms with van der Waals surface area (Å²) in [7, 11) is 1.86. The monoisotopic (exact) mass is 238 g/mol. The Morgan fingerprint density at radius 1 is 1.12 bits per heavy atom. The molecular formula is C14H26N2O. The van der Waals surface area contributed by atoms with Crippen molar-refractivity contribution >= 4 is 0 Å². The van der Waals surface area contributed by atoms with Gasteiger partial charge in [-0.1, -0.05) is 13.8 Å². The second kappa shape index (κ2) is 4.22. The van der Waals surface area contributed by atoms with E-state index < -0.39 is 0 Å². The van der Waals surface area contributed by atoms with Crippen molar-refractivity contribution in [1.82, 2.24) is 9.80 Å². The lowest BCUT2D eigenvalue weighted by Gasteiger charge is -2.57. The van der Waals surface area contributed by atoms with Crippen molar-refractivity contribution in [2.24, 2.45) is 5.41 Å².